The van der Waals surface area contributed by atoms with E-state index < -0.39 is 0 Å². The Kier molecular flexibility index (Phi) is 7.11. The van der Waals surface area contributed by atoms with Gasteiger partial charge in [0.2, 0.25) is 0 Å². The van der Waals surface area contributed by atoms with E-state index in [1.807, 2.05) is 28.5 Å². The maximum Gasteiger partial charge on any atom is 0.273 e. The van der Waals surface area contributed by atoms with E-state index >= 15 is 0 Å². The molecule has 1 saturated heterocycles. The molecule has 1 aromatic heterocycles. The largest absolute Gasteiger partial charge is 0.486 e. The first-order valence-corrected chi connectivity index (χ1v) is 8.97. The second kappa shape index (κ2) is 8.90. The third-order valence-corrected chi connectivity index (χ3v) is 5.06. The molecule has 1 unspecified atom stereocenters. The summed E-state index contributed by atoms with van der Waals surface area (Å²) < 4.78 is 11.2. The van der Waals surface area contributed by atoms with E-state index in [0.29, 0.717) is 24.9 Å². The van der Waals surface area contributed by atoms with Crippen LogP contribution in [0.5, 0.6) is 11.5 Å². The Morgan fingerprint density at radius 2 is 2.04 bits per heavy atom. The van der Waals surface area contributed by atoms with Gasteiger partial charge in [0.05, 0.1) is 0 Å². The molecule has 6 nitrogen and oxygen atoms in total. The number of nitrogens with one attached hydrogen (secondary N) is 1. The molecule has 9 heteroatoms. The number of rotatable bonds is 2. The van der Waals surface area contributed by atoms with Gasteiger partial charge < -0.3 is 19.7 Å². The Balaban J connectivity index is 0.00000121. The highest BCUT2D eigenvalue weighted by Crippen LogP contribution is 2.35. The molecular formula is C17H21Cl2N3O3S. The second-order valence-electron chi connectivity index (χ2n) is 6.00. The van der Waals surface area contributed by atoms with Crippen LogP contribution in [-0.4, -0.2) is 54.7 Å². The third kappa shape index (κ3) is 4.23. The maximum atomic E-state index is 12.6. The van der Waals surface area contributed by atoms with E-state index in [0.717, 1.165) is 41.7 Å². The van der Waals surface area contributed by atoms with Crippen molar-refractivity contribution in [3.63, 3.8) is 0 Å². The number of benzene rings is 1. The molecular weight excluding hydrogens is 397 g/mol. The number of ether oxygens (including phenoxy) is 2. The van der Waals surface area contributed by atoms with Gasteiger partial charge in [-0.15, -0.1) is 36.2 Å². The topological polar surface area (TPSA) is 63.7 Å². The summed E-state index contributed by atoms with van der Waals surface area (Å²) >= 11 is 1.48. The highest BCUT2D eigenvalue weighted by molar-refractivity contribution is 7.13. The van der Waals surface area contributed by atoms with E-state index in [9.17, 15) is 4.79 Å². The fourth-order valence-corrected chi connectivity index (χ4v) is 3.75. The SMILES string of the molecule is CC1CN(C(=O)c2csc(-c3ccc4c(c3)OCCO4)n2)CCN1.Cl.Cl. The smallest absolute Gasteiger partial charge is 0.273 e. The van der Waals surface area contributed by atoms with E-state index in [-0.39, 0.29) is 30.7 Å². The van der Waals surface area contributed by atoms with Crippen molar-refractivity contribution in [1.82, 2.24) is 15.2 Å². The van der Waals surface area contributed by atoms with Gasteiger partial charge in [0, 0.05) is 36.6 Å². The predicted molar refractivity (Wildman–Crippen MR) is 106 cm³/mol. The van der Waals surface area contributed by atoms with Crippen LogP contribution in [0, 0.1) is 0 Å². The molecule has 1 N–H and O–H groups in total. The minimum Gasteiger partial charge on any atom is -0.486 e. The lowest BCUT2D eigenvalue weighted by molar-refractivity contribution is 0.0704. The summed E-state index contributed by atoms with van der Waals surface area (Å²) in [7, 11) is 0. The maximum absolute atomic E-state index is 12.6. The quantitative estimate of drug-likeness (QED) is 0.813. The molecule has 0 saturated carbocycles. The van der Waals surface area contributed by atoms with Crippen LogP contribution in [0.2, 0.25) is 0 Å². The highest BCUT2D eigenvalue weighted by Gasteiger charge is 2.24. The number of hydrogen-bond acceptors (Lipinski definition) is 6. The number of halogens is 2. The summed E-state index contributed by atoms with van der Waals surface area (Å²) in [4.78, 5) is 19.0. The molecule has 0 bridgehead atoms. The van der Waals surface area contributed by atoms with Gasteiger partial charge in [0.25, 0.3) is 5.91 Å². The molecule has 1 amide bonds. The standard InChI is InChI=1S/C17H19N3O3S.2ClH/c1-11-9-20(5-4-18-11)17(21)13-10-24-16(19-13)12-2-3-14-15(8-12)23-7-6-22-14;;/h2-3,8,10-11,18H,4-7,9H2,1H3;2*1H. The third-order valence-electron chi connectivity index (χ3n) is 4.17. The van der Waals surface area contributed by atoms with E-state index in [2.05, 4.69) is 17.2 Å². The number of amides is 1. The van der Waals surface area contributed by atoms with Crippen LogP contribution < -0.4 is 14.8 Å². The predicted octanol–water partition coefficient (Wildman–Crippen LogP) is 2.86. The molecule has 2 aliphatic rings. The van der Waals surface area contributed by atoms with Crippen molar-refractivity contribution in [2.24, 2.45) is 0 Å². The van der Waals surface area contributed by atoms with Crippen molar-refractivity contribution in [2.45, 2.75) is 13.0 Å². The van der Waals surface area contributed by atoms with Crippen molar-refractivity contribution in [3.05, 3.63) is 29.3 Å². The summed E-state index contributed by atoms with van der Waals surface area (Å²) in [6, 6.07) is 6.09. The van der Waals surface area contributed by atoms with Gasteiger partial charge >= 0.3 is 0 Å². The van der Waals surface area contributed by atoms with Crippen molar-refractivity contribution < 1.29 is 14.3 Å². The van der Waals surface area contributed by atoms with Crippen LogP contribution in [0.1, 0.15) is 17.4 Å². The van der Waals surface area contributed by atoms with Gasteiger partial charge in [-0.1, -0.05) is 0 Å². The zero-order valence-corrected chi connectivity index (χ0v) is 16.7. The average Bonchev–Trinajstić information content (AvgIpc) is 3.11. The molecule has 2 aliphatic heterocycles. The van der Waals surface area contributed by atoms with Gasteiger partial charge in [-0.3, -0.25) is 4.79 Å². The fraction of sp³-hybridized carbons (Fsp3) is 0.412. The van der Waals surface area contributed by atoms with Crippen LogP contribution in [0.15, 0.2) is 23.6 Å². The summed E-state index contributed by atoms with van der Waals surface area (Å²) in [5.74, 6) is 1.49. The van der Waals surface area contributed by atoms with Crippen molar-refractivity contribution >= 4 is 42.1 Å². The zero-order chi connectivity index (χ0) is 16.5. The first-order valence-electron chi connectivity index (χ1n) is 8.09. The molecule has 4 rings (SSSR count). The van der Waals surface area contributed by atoms with E-state index in [4.69, 9.17) is 9.47 Å². The Morgan fingerprint density at radius 1 is 1.27 bits per heavy atom. The second-order valence-corrected chi connectivity index (χ2v) is 6.86. The Labute approximate surface area is 168 Å². The number of carbonyl (C=O) groups is 1. The van der Waals surface area contributed by atoms with Crippen molar-refractivity contribution in [3.8, 4) is 22.1 Å². The number of nitrogens with zero attached hydrogens (tertiary/aromatic N) is 2. The van der Waals surface area contributed by atoms with Gasteiger partial charge in [0.15, 0.2) is 11.5 Å². The average molecular weight is 418 g/mol. The number of thiazole rings is 1. The molecule has 3 heterocycles. The molecule has 142 valence electrons. The molecule has 26 heavy (non-hydrogen) atoms. The zero-order valence-electron chi connectivity index (χ0n) is 14.3. The monoisotopic (exact) mass is 417 g/mol. The first kappa shape index (κ1) is 20.8. The summed E-state index contributed by atoms with van der Waals surface area (Å²) in [5, 5.41) is 5.99. The molecule has 1 aromatic carbocycles. The van der Waals surface area contributed by atoms with Crippen LogP contribution in [0.4, 0.5) is 0 Å². The van der Waals surface area contributed by atoms with Gasteiger partial charge in [-0.2, -0.15) is 0 Å². The lowest BCUT2D eigenvalue weighted by atomic mass is 10.2. The van der Waals surface area contributed by atoms with Crippen LogP contribution in [-0.2, 0) is 0 Å². The van der Waals surface area contributed by atoms with Crippen LogP contribution in [0.25, 0.3) is 10.6 Å². The van der Waals surface area contributed by atoms with Gasteiger partial charge in [-0.05, 0) is 25.1 Å². The van der Waals surface area contributed by atoms with Gasteiger partial charge in [-0.25, -0.2) is 4.98 Å². The molecule has 2 aromatic rings. The lowest BCUT2D eigenvalue weighted by Crippen LogP contribution is -2.51. The molecule has 1 atom stereocenters. The lowest BCUT2D eigenvalue weighted by Gasteiger charge is -2.31. The normalized spacial score (nSPS) is 18.5. The fourth-order valence-electron chi connectivity index (χ4n) is 2.96. The van der Waals surface area contributed by atoms with Crippen LogP contribution >= 0.6 is 36.2 Å². The first-order chi connectivity index (χ1) is 11.7. The van der Waals surface area contributed by atoms with Crippen molar-refractivity contribution in [2.75, 3.05) is 32.8 Å². The van der Waals surface area contributed by atoms with Crippen LogP contribution in [0.3, 0.4) is 0 Å². The number of piperazine rings is 1. The van der Waals surface area contributed by atoms with Crippen molar-refractivity contribution in [1.29, 1.82) is 0 Å². The number of aromatic nitrogens is 1. The molecule has 0 radical (unpaired) electrons. The molecule has 0 aliphatic carbocycles. The number of hydrogen-bond donors (Lipinski definition) is 1. The van der Waals surface area contributed by atoms with E-state index in [1.165, 1.54) is 11.3 Å². The molecule has 0 spiro atoms. The minimum atomic E-state index is 0. The Morgan fingerprint density at radius 3 is 2.81 bits per heavy atom. The summed E-state index contributed by atoms with van der Waals surface area (Å²) in [6.07, 6.45) is 0. The summed E-state index contributed by atoms with van der Waals surface area (Å²) in [5.41, 5.74) is 1.45. The molecule has 1 fully saturated rings. The minimum absolute atomic E-state index is 0. The van der Waals surface area contributed by atoms with Gasteiger partial charge in [0.1, 0.15) is 23.9 Å². The Bertz CT molecular complexity index is 771. The Hall–Kier alpha value is -1.54. The van der Waals surface area contributed by atoms with E-state index in [1.54, 1.807) is 0 Å². The number of carbonyl (C=O) groups excluding carboxylic acids is 1. The number of fused-ring (bicyclic) bond motifs is 1. The highest BCUT2D eigenvalue weighted by atomic mass is 35.5. The summed E-state index contributed by atoms with van der Waals surface area (Å²) in [6.45, 7) is 5.48.